The maximum atomic E-state index is 11.9. The lowest BCUT2D eigenvalue weighted by atomic mass is 10.0. The zero-order valence-corrected chi connectivity index (χ0v) is 12.2. The van der Waals surface area contributed by atoms with Gasteiger partial charge < -0.3 is 11.1 Å². The van der Waals surface area contributed by atoms with Gasteiger partial charge in [-0.1, -0.05) is 24.8 Å². The largest absolute Gasteiger partial charge is 0.386 e. The Balaban J connectivity index is 1.98. The molecule has 2 aromatic carbocycles. The van der Waals surface area contributed by atoms with E-state index in [2.05, 4.69) is 23.1 Å². The first-order chi connectivity index (χ1) is 10.5. The normalized spacial score (nSPS) is 10.6. The summed E-state index contributed by atoms with van der Waals surface area (Å²) in [6.45, 7) is 3.47. The maximum Gasteiger partial charge on any atom is 0.256 e. The van der Waals surface area contributed by atoms with Crippen molar-refractivity contribution in [2.45, 2.75) is 0 Å². The molecule has 0 saturated heterocycles. The summed E-state index contributed by atoms with van der Waals surface area (Å²) in [5, 5.41) is 8.73. The van der Waals surface area contributed by atoms with Gasteiger partial charge in [0, 0.05) is 24.4 Å². The van der Waals surface area contributed by atoms with Gasteiger partial charge in [0.2, 0.25) is 0 Å². The Hall–Kier alpha value is -3.08. The summed E-state index contributed by atoms with van der Waals surface area (Å²) in [5.74, 6) is -0.122. The third-order valence-corrected chi connectivity index (χ3v) is 3.41. The highest BCUT2D eigenvalue weighted by atomic mass is 16.1. The minimum absolute atomic E-state index is 0.136. The van der Waals surface area contributed by atoms with Crippen LogP contribution in [0, 0.1) is 0 Å². The van der Waals surface area contributed by atoms with Crippen LogP contribution in [0.4, 0.5) is 0 Å². The van der Waals surface area contributed by atoms with Crippen LogP contribution in [-0.2, 0) is 7.05 Å². The molecule has 1 amide bonds. The van der Waals surface area contributed by atoms with Gasteiger partial charge in [-0.15, -0.1) is 0 Å². The predicted octanol–water partition coefficient (Wildman–Crippen LogP) is 2.40. The monoisotopic (exact) mass is 292 g/mol. The van der Waals surface area contributed by atoms with Crippen LogP contribution < -0.4 is 11.1 Å². The van der Waals surface area contributed by atoms with Gasteiger partial charge in [-0.25, -0.2) is 0 Å². The third kappa shape index (κ3) is 2.69. The number of aromatic nitrogens is 2. The summed E-state index contributed by atoms with van der Waals surface area (Å²) in [6, 6.07) is 11.6. The molecule has 0 unspecified atom stereocenters. The highest BCUT2D eigenvalue weighted by molar-refractivity contribution is 5.99. The Kier molecular flexibility index (Phi) is 3.39. The van der Waals surface area contributed by atoms with E-state index in [1.807, 2.05) is 43.7 Å². The number of aryl methyl sites for hydroxylation is 1. The van der Waals surface area contributed by atoms with E-state index in [9.17, 15) is 4.79 Å². The molecule has 0 aliphatic heterocycles. The van der Waals surface area contributed by atoms with Crippen molar-refractivity contribution in [1.29, 1.82) is 0 Å². The van der Waals surface area contributed by atoms with Crippen molar-refractivity contribution in [1.82, 2.24) is 15.1 Å². The Bertz CT molecular complexity index is 879. The highest BCUT2D eigenvalue weighted by Crippen LogP contribution is 2.24. The minimum atomic E-state index is -0.259. The lowest BCUT2D eigenvalue weighted by Crippen LogP contribution is -2.26. The second-order valence-electron chi connectivity index (χ2n) is 5.16. The molecule has 0 fully saturated rings. The zero-order chi connectivity index (χ0) is 15.7. The smallest absolute Gasteiger partial charge is 0.256 e. The van der Waals surface area contributed by atoms with Crippen molar-refractivity contribution in [2.24, 2.45) is 12.8 Å². The van der Waals surface area contributed by atoms with Crippen LogP contribution in [0.25, 0.3) is 21.9 Å². The molecular weight excluding hydrogens is 276 g/mol. The fourth-order valence-electron chi connectivity index (χ4n) is 2.35. The van der Waals surface area contributed by atoms with Gasteiger partial charge in [-0.3, -0.25) is 9.48 Å². The van der Waals surface area contributed by atoms with Crippen LogP contribution >= 0.6 is 0 Å². The Morgan fingerprint density at radius 2 is 1.91 bits per heavy atom. The molecule has 0 spiro atoms. The molecule has 1 aromatic heterocycles. The summed E-state index contributed by atoms with van der Waals surface area (Å²) in [6.07, 6.45) is 3.80. The average Bonchev–Trinajstić information content (AvgIpc) is 2.92. The van der Waals surface area contributed by atoms with Crippen molar-refractivity contribution in [3.8, 4) is 11.1 Å². The van der Waals surface area contributed by atoms with Gasteiger partial charge in [0.15, 0.2) is 0 Å². The van der Waals surface area contributed by atoms with Crippen LogP contribution in [0.15, 0.2) is 61.2 Å². The first kappa shape index (κ1) is 13.9. The van der Waals surface area contributed by atoms with Gasteiger partial charge in [0.1, 0.15) is 0 Å². The molecular formula is C17H16N4O. The Morgan fingerprint density at radius 3 is 2.59 bits per heavy atom. The summed E-state index contributed by atoms with van der Waals surface area (Å²) in [7, 11) is 1.89. The number of benzene rings is 2. The molecule has 0 radical (unpaired) electrons. The van der Waals surface area contributed by atoms with Crippen LogP contribution in [0.2, 0.25) is 0 Å². The van der Waals surface area contributed by atoms with Gasteiger partial charge in [-0.05, 0) is 34.5 Å². The van der Waals surface area contributed by atoms with Crippen LogP contribution in [0.5, 0.6) is 0 Å². The number of hydrogen-bond donors (Lipinski definition) is 2. The summed E-state index contributed by atoms with van der Waals surface area (Å²) < 4.78 is 1.77. The van der Waals surface area contributed by atoms with Crippen LogP contribution in [-0.4, -0.2) is 15.7 Å². The first-order valence-corrected chi connectivity index (χ1v) is 6.81. The lowest BCUT2D eigenvalue weighted by Gasteiger charge is -2.06. The second-order valence-corrected chi connectivity index (χ2v) is 5.16. The molecule has 22 heavy (non-hydrogen) atoms. The van der Waals surface area contributed by atoms with Crippen molar-refractivity contribution in [3.05, 3.63) is 66.8 Å². The fourth-order valence-corrected chi connectivity index (χ4v) is 2.35. The Morgan fingerprint density at radius 1 is 1.18 bits per heavy atom. The molecule has 5 nitrogen and oxygen atoms in total. The van der Waals surface area contributed by atoms with E-state index in [-0.39, 0.29) is 11.7 Å². The van der Waals surface area contributed by atoms with E-state index in [1.165, 1.54) is 0 Å². The van der Waals surface area contributed by atoms with Crippen molar-refractivity contribution >= 4 is 16.7 Å². The van der Waals surface area contributed by atoms with E-state index in [4.69, 9.17) is 5.73 Å². The molecule has 0 bridgehead atoms. The number of carbonyl (C=O) groups excluding carboxylic acids is 1. The van der Waals surface area contributed by atoms with Gasteiger partial charge in [0.25, 0.3) is 5.91 Å². The molecule has 5 heteroatoms. The van der Waals surface area contributed by atoms with Gasteiger partial charge >= 0.3 is 0 Å². The molecule has 3 aromatic rings. The standard InChI is InChI=1S/C17H16N4O/c1-11(18)20-17(22)15-6-5-12-7-14(4-3-13(12)8-15)16-9-19-21(2)10-16/h3-10H,1,18H2,2H3,(H,20,22). The van der Waals surface area contributed by atoms with E-state index in [0.717, 1.165) is 21.9 Å². The summed E-state index contributed by atoms with van der Waals surface area (Å²) in [5.41, 5.74) is 8.10. The van der Waals surface area contributed by atoms with E-state index >= 15 is 0 Å². The molecule has 0 aliphatic carbocycles. The number of hydrogen-bond acceptors (Lipinski definition) is 3. The number of carbonyl (C=O) groups is 1. The molecule has 110 valence electrons. The lowest BCUT2D eigenvalue weighted by molar-refractivity contribution is 0.0966. The van der Waals surface area contributed by atoms with Crippen molar-refractivity contribution < 1.29 is 4.79 Å². The molecule has 0 atom stereocenters. The van der Waals surface area contributed by atoms with Crippen molar-refractivity contribution in [2.75, 3.05) is 0 Å². The quantitative estimate of drug-likeness (QED) is 0.778. The summed E-state index contributed by atoms with van der Waals surface area (Å²) in [4.78, 5) is 11.9. The molecule has 3 rings (SSSR count). The molecule has 0 aliphatic rings. The number of rotatable bonds is 3. The van der Waals surface area contributed by atoms with E-state index in [0.29, 0.717) is 5.56 Å². The number of amides is 1. The zero-order valence-electron chi connectivity index (χ0n) is 12.2. The van der Waals surface area contributed by atoms with Crippen LogP contribution in [0.1, 0.15) is 10.4 Å². The Labute approximate surface area is 128 Å². The van der Waals surface area contributed by atoms with Crippen molar-refractivity contribution in [3.63, 3.8) is 0 Å². The van der Waals surface area contributed by atoms with Crippen LogP contribution in [0.3, 0.4) is 0 Å². The number of nitrogens with one attached hydrogen (secondary N) is 1. The highest BCUT2D eigenvalue weighted by Gasteiger charge is 2.07. The van der Waals surface area contributed by atoms with E-state index < -0.39 is 0 Å². The minimum Gasteiger partial charge on any atom is -0.386 e. The number of fused-ring (bicyclic) bond motifs is 1. The average molecular weight is 292 g/mol. The number of nitrogens with zero attached hydrogens (tertiary/aromatic N) is 2. The predicted molar refractivity (Wildman–Crippen MR) is 86.9 cm³/mol. The van der Waals surface area contributed by atoms with Gasteiger partial charge in [0.05, 0.1) is 12.0 Å². The summed E-state index contributed by atoms with van der Waals surface area (Å²) >= 11 is 0. The number of nitrogens with two attached hydrogens (primary N) is 1. The fraction of sp³-hybridized carbons (Fsp3) is 0.0588. The molecule has 3 N–H and O–H groups in total. The third-order valence-electron chi connectivity index (χ3n) is 3.41. The second kappa shape index (κ2) is 5.37. The topological polar surface area (TPSA) is 72.9 Å². The SMILES string of the molecule is C=C(N)NC(=O)c1ccc2cc(-c3cnn(C)c3)ccc2c1. The maximum absolute atomic E-state index is 11.9. The van der Waals surface area contributed by atoms with E-state index in [1.54, 1.807) is 10.7 Å². The first-order valence-electron chi connectivity index (χ1n) is 6.81. The molecule has 1 heterocycles. The van der Waals surface area contributed by atoms with Gasteiger partial charge in [-0.2, -0.15) is 5.10 Å². The molecule has 0 saturated carbocycles.